The second-order valence-electron chi connectivity index (χ2n) is 8.16. The van der Waals surface area contributed by atoms with Gasteiger partial charge in [0, 0.05) is 43.2 Å². The van der Waals surface area contributed by atoms with Crippen molar-refractivity contribution in [1.82, 2.24) is 14.9 Å². The number of aromatic nitrogens is 2. The van der Waals surface area contributed by atoms with Crippen LogP contribution in [0.5, 0.6) is 0 Å². The van der Waals surface area contributed by atoms with Crippen molar-refractivity contribution in [2.75, 3.05) is 5.32 Å². The second kappa shape index (κ2) is 12.3. The Kier molecular flexibility index (Phi) is 8.40. The second-order valence-corrected chi connectivity index (χ2v) is 8.16. The third-order valence-corrected chi connectivity index (χ3v) is 5.42. The molecule has 35 heavy (non-hydrogen) atoms. The lowest BCUT2D eigenvalue weighted by atomic mass is 10.1. The van der Waals surface area contributed by atoms with Crippen LogP contribution < -0.4 is 10.6 Å². The summed E-state index contributed by atoms with van der Waals surface area (Å²) in [6, 6.07) is 25.0. The molecule has 0 aliphatic rings. The number of carbonyl (C=O) groups excluding carboxylic acids is 2. The Labute approximate surface area is 204 Å². The molecule has 7 nitrogen and oxygen atoms in total. The molecule has 7 heteroatoms. The van der Waals surface area contributed by atoms with Crippen molar-refractivity contribution in [3.63, 3.8) is 0 Å². The molecular formula is C28H28N4O3. The maximum atomic E-state index is 12.6. The zero-order valence-corrected chi connectivity index (χ0v) is 19.4. The summed E-state index contributed by atoms with van der Waals surface area (Å²) >= 11 is 0. The first-order valence-corrected chi connectivity index (χ1v) is 11.5. The van der Waals surface area contributed by atoms with E-state index < -0.39 is 0 Å². The molecule has 0 spiro atoms. The molecule has 4 rings (SSSR count). The van der Waals surface area contributed by atoms with Crippen LogP contribution >= 0.6 is 0 Å². The van der Waals surface area contributed by atoms with Gasteiger partial charge in [0.2, 0.25) is 5.91 Å². The van der Waals surface area contributed by atoms with Crippen molar-refractivity contribution in [3.8, 4) is 0 Å². The van der Waals surface area contributed by atoms with Crippen LogP contribution in [0.15, 0.2) is 97.6 Å². The van der Waals surface area contributed by atoms with Crippen molar-refractivity contribution < 1.29 is 14.3 Å². The molecule has 0 radical (unpaired) electrons. The van der Waals surface area contributed by atoms with Crippen LogP contribution in [0.25, 0.3) is 0 Å². The van der Waals surface area contributed by atoms with E-state index in [0.29, 0.717) is 44.0 Å². The summed E-state index contributed by atoms with van der Waals surface area (Å²) in [5.41, 5.74) is 4.29. The summed E-state index contributed by atoms with van der Waals surface area (Å²) in [7, 11) is 0. The Morgan fingerprint density at radius 2 is 1.60 bits per heavy atom. The molecule has 178 valence electrons. The number of hydrogen-bond acceptors (Lipinski definition) is 4. The highest BCUT2D eigenvalue weighted by molar-refractivity contribution is 5.97. The summed E-state index contributed by atoms with van der Waals surface area (Å²) in [6.45, 7) is 2.06. The van der Waals surface area contributed by atoms with Crippen LogP contribution in [0.3, 0.4) is 0 Å². The van der Waals surface area contributed by atoms with Crippen LogP contribution in [0.2, 0.25) is 0 Å². The van der Waals surface area contributed by atoms with Gasteiger partial charge in [-0.2, -0.15) is 0 Å². The number of anilines is 1. The maximum Gasteiger partial charge on any atom is 0.251 e. The minimum Gasteiger partial charge on any atom is -0.372 e. The van der Waals surface area contributed by atoms with Crippen molar-refractivity contribution in [1.29, 1.82) is 0 Å². The summed E-state index contributed by atoms with van der Waals surface area (Å²) < 4.78 is 7.61. The predicted octanol–water partition coefficient (Wildman–Crippen LogP) is 4.56. The average Bonchev–Trinajstić information content (AvgIpc) is 3.41. The lowest BCUT2D eigenvalue weighted by Crippen LogP contribution is -2.23. The Bertz CT molecular complexity index is 1220. The lowest BCUT2D eigenvalue weighted by molar-refractivity contribution is -0.116. The van der Waals surface area contributed by atoms with Gasteiger partial charge < -0.3 is 19.9 Å². The number of benzene rings is 3. The van der Waals surface area contributed by atoms with E-state index in [0.717, 1.165) is 16.7 Å². The first kappa shape index (κ1) is 23.9. The fourth-order valence-electron chi connectivity index (χ4n) is 3.51. The largest absolute Gasteiger partial charge is 0.372 e. The molecular weight excluding hydrogens is 440 g/mol. The molecule has 0 unspecified atom stereocenters. The van der Waals surface area contributed by atoms with E-state index in [1.807, 2.05) is 65.4 Å². The van der Waals surface area contributed by atoms with E-state index in [9.17, 15) is 9.59 Å². The molecule has 0 bridgehead atoms. The molecule has 0 aliphatic heterocycles. The fraction of sp³-hybridized carbons (Fsp3) is 0.179. The van der Waals surface area contributed by atoms with Gasteiger partial charge in [-0.05, 0) is 34.9 Å². The van der Waals surface area contributed by atoms with Gasteiger partial charge in [-0.1, -0.05) is 60.7 Å². The summed E-state index contributed by atoms with van der Waals surface area (Å²) in [5.74, 6) is -0.320. The van der Waals surface area contributed by atoms with Crippen molar-refractivity contribution in [2.24, 2.45) is 0 Å². The van der Waals surface area contributed by atoms with Crippen molar-refractivity contribution >= 4 is 17.5 Å². The average molecular weight is 469 g/mol. The van der Waals surface area contributed by atoms with Crippen LogP contribution in [0.1, 0.15) is 33.5 Å². The summed E-state index contributed by atoms with van der Waals surface area (Å²) in [6.07, 6.45) is 5.48. The number of ether oxygens (including phenoxy) is 1. The van der Waals surface area contributed by atoms with Crippen molar-refractivity contribution in [2.45, 2.75) is 32.7 Å². The van der Waals surface area contributed by atoms with Gasteiger partial charge in [0.15, 0.2) is 0 Å². The lowest BCUT2D eigenvalue weighted by Gasteiger charge is -2.10. The normalized spacial score (nSPS) is 10.6. The van der Waals surface area contributed by atoms with Gasteiger partial charge in [0.25, 0.3) is 5.91 Å². The molecule has 3 aromatic carbocycles. The number of hydrogen-bond donors (Lipinski definition) is 2. The predicted molar refractivity (Wildman–Crippen MR) is 134 cm³/mol. The highest BCUT2D eigenvalue weighted by atomic mass is 16.5. The van der Waals surface area contributed by atoms with E-state index in [2.05, 4.69) is 15.6 Å². The number of carbonyl (C=O) groups is 2. The number of nitrogens with one attached hydrogen (secondary N) is 2. The smallest absolute Gasteiger partial charge is 0.251 e. The summed E-state index contributed by atoms with van der Waals surface area (Å²) in [4.78, 5) is 28.8. The number of aryl methyl sites for hydroxylation is 1. The first-order chi connectivity index (χ1) is 17.2. The molecule has 0 saturated heterocycles. The zero-order chi connectivity index (χ0) is 24.3. The van der Waals surface area contributed by atoms with Crippen molar-refractivity contribution in [3.05, 3.63) is 120 Å². The Morgan fingerprint density at radius 1 is 0.857 bits per heavy atom. The topological polar surface area (TPSA) is 85.2 Å². The number of rotatable bonds is 11. The van der Waals surface area contributed by atoms with E-state index in [1.54, 1.807) is 36.8 Å². The standard InChI is InChI=1S/C28H28N4O3/c33-27(13-15-32-16-14-29-21-32)31-26-8-4-7-25(17-26)28(34)30-18-22-9-11-24(12-10-22)20-35-19-23-5-2-1-3-6-23/h1-12,14,16-17,21H,13,15,18-20H2,(H,30,34)(H,31,33). The minimum absolute atomic E-state index is 0.121. The maximum absolute atomic E-state index is 12.6. The molecule has 1 heterocycles. The molecule has 1 aromatic heterocycles. The molecule has 4 aromatic rings. The van der Waals surface area contributed by atoms with E-state index in [4.69, 9.17) is 4.74 Å². The third kappa shape index (κ3) is 7.65. The van der Waals surface area contributed by atoms with Gasteiger partial charge in [-0.3, -0.25) is 9.59 Å². The Hall–Kier alpha value is -4.23. The molecule has 0 fully saturated rings. The third-order valence-electron chi connectivity index (χ3n) is 5.42. The number of amides is 2. The first-order valence-electron chi connectivity index (χ1n) is 11.5. The van der Waals surface area contributed by atoms with Gasteiger partial charge in [0.05, 0.1) is 19.5 Å². The van der Waals surface area contributed by atoms with E-state index >= 15 is 0 Å². The van der Waals surface area contributed by atoms with Gasteiger partial charge in [-0.15, -0.1) is 0 Å². The van der Waals surface area contributed by atoms with Gasteiger partial charge >= 0.3 is 0 Å². The molecule has 2 N–H and O–H groups in total. The van der Waals surface area contributed by atoms with Crippen LogP contribution in [0, 0.1) is 0 Å². The Morgan fingerprint density at radius 3 is 2.34 bits per heavy atom. The van der Waals surface area contributed by atoms with E-state index in [-0.39, 0.29) is 11.8 Å². The minimum atomic E-state index is -0.199. The Balaban J connectivity index is 1.21. The number of imidazole rings is 1. The zero-order valence-electron chi connectivity index (χ0n) is 19.4. The summed E-state index contributed by atoms with van der Waals surface area (Å²) in [5, 5.41) is 5.77. The monoisotopic (exact) mass is 468 g/mol. The number of nitrogens with zero attached hydrogens (tertiary/aromatic N) is 2. The molecule has 2 amide bonds. The molecule has 0 atom stereocenters. The SMILES string of the molecule is O=C(CCn1ccnc1)Nc1cccc(C(=O)NCc2ccc(COCc3ccccc3)cc2)c1. The molecule has 0 saturated carbocycles. The highest BCUT2D eigenvalue weighted by Gasteiger charge is 2.08. The fourth-order valence-corrected chi connectivity index (χ4v) is 3.51. The van der Waals surface area contributed by atoms with Gasteiger partial charge in [-0.25, -0.2) is 4.98 Å². The van der Waals surface area contributed by atoms with Crippen LogP contribution in [0.4, 0.5) is 5.69 Å². The quantitative estimate of drug-likeness (QED) is 0.338. The highest BCUT2D eigenvalue weighted by Crippen LogP contribution is 2.12. The van der Waals surface area contributed by atoms with E-state index in [1.165, 1.54) is 0 Å². The van der Waals surface area contributed by atoms with Crippen LogP contribution in [-0.4, -0.2) is 21.4 Å². The molecule has 0 aliphatic carbocycles. The van der Waals surface area contributed by atoms with Gasteiger partial charge in [0.1, 0.15) is 0 Å². The van der Waals surface area contributed by atoms with Crippen LogP contribution in [-0.2, 0) is 35.8 Å².